The summed E-state index contributed by atoms with van der Waals surface area (Å²) >= 11 is 0. The van der Waals surface area contributed by atoms with Crippen LogP contribution in [0.5, 0.6) is 0 Å². The average molecular weight is 1190 g/mol. The first-order valence-corrected chi connectivity index (χ1v) is 25.2. The van der Waals surface area contributed by atoms with Crippen LogP contribution in [0.25, 0.3) is 0 Å². The number of nitrogens with one attached hydrogen (secondary N) is 3. The van der Waals surface area contributed by atoms with Crippen molar-refractivity contribution in [2.75, 3.05) is 47.9 Å². The Bertz CT molecular complexity index is 2840. The van der Waals surface area contributed by atoms with Crippen LogP contribution in [0.15, 0.2) is 147 Å². The fraction of sp³-hybridized carbons (Fsp3) is 0.347. The highest BCUT2D eigenvalue weighted by Gasteiger charge is 2.47. The average Bonchev–Trinajstić information content (AvgIpc) is 4.33. The van der Waals surface area contributed by atoms with Crippen LogP contribution >= 0.6 is 9.90 Å². The first-order valence-electron chi connectivity index (χ1n) is 23.8. The van der Waals surface area contributed by atoms with E-state index in [9.17, 15) is 56.7 Å². The third kappa shape index (κ3) is 23.8. The van der Waals surface area contributed by atoms with Gasteiger partial charge in [0, 0.05) is 92.6 Å². The largest absolute Gasteiger partial charge is 0.523 e. The maximum atomic E-state index is 12.0. The highest BCUT2D eigenvalue weighted by Crippen LogP contribution is 2.25. The highest BCUT2D eigenvalue weighted by atomic mass is 32.2. The van der Waals surface area contributed by atoms with Gasteiger partial charge in [0.05, 0.1) is 43.8 Å². The van der Waals surface area contributed by atoms with Crippen molar-refractivity contribution < 1.29 is 60.9 Å². The molecule has 0 saturated heterocycles. The number of anilines is 4. The number of halogens is 11. The summed E-state index contributed by atoms with van der Waals surface area (Å²) in [4.78, 5) is 15.8. The summed E-state index contributed by atoms with van der Waals surface area (Å²) < 4.78 is 158. The predicted molar refractivity (Wildman–Crippen MR) is 287 cm³/mol. The Morgan fingerprint density at radius 3 is 0.938 bits per heavy atom. The predicted octanol–water partition coefficient (Wildman–Crippen LogP) is 10.3. The van der Waals surface area contributed by atoms with E-state index >= 15 is 0 Å². The van der Waals surface area contributed by atoms with Crippen molar-refractivity contribution in [3.8, 4) is 0 Å². The number of hydrogen-bond donors (Lipinski definition) is 4. The van der Waals surface area contributed by atoms with Crippen molar-refractivity contribution in [3.05, 3.63) is 169 Å². The van der Waals surface area contributed by atoms with E-state index in [0.717, 1.165) is 16.7 Å². The molecule has 8 aromatic heterocycles. The zero-order chi connectivity index (χ0) is 58.8. The second-order valence-corrected chi connectivity index (χ2v) is 18.1. The molecule has 3 unspecified atom stereocenters. The van der Waals surface area contributed by atoms with E-state index in [4.69, 9.17) is 5.73 Å². The Morgan fingerprint density at radius 2 is 0.716 bits per heavy atom. The van der Waals surface area contributed by atoms with Gasteiger partial charge in [0.25, 0.3) is 25.7 Å². The lowest BCUT2D eigenvalue weighted by Gasteiger charge is -2.12. The van der Waals surface area contributed by atoms with E-state index in [0.29, 0.717) is 23.3 Å². The summed E-state index contributed by atoms with van der Waals surface area (Å²) in [6, 6.07) is 22.5. The van der Waals surface area contributed by atoms with Crippen molar-refractivity contribution in [1.82, 2.24) is 59.1 Å². The molecule has 8 rings (SSSR count). The second kappa shape index (κ2) is 33.7. The molecule has 0 amide bonds. The lowest BCUT2D eigenvalue weighted by atomic mass is 10.1. The quantitative estimate of drug-likeness (QED) is 0.0241. The number of aromatic nitrogens is 12. The number of pyridine rings is 4. The third-order valence-electron chi connectivity index (χ3n) is 10.7. The molecule has 442 valence electrons. The highest BCUT2D eigenvalue weighted by molar-refractivity contribution is 7.87. The van der Waals surface area contributed by atoms with Crippen molar-refractivity contribution in [3.63, 3.8) is 0 Å². The fourth-order valence-electron chi connectivity index (χ4n) is 6.44. The molecule has 0 radical (unpaired) electrons. The van der Waals surface area contributed by atoms with Gasteiger partial charge in [0.15, 0.2) is 0 Å². The lowest BCUT2D eigenvalue weighted by Crippen LogP contribution is -2.27. The van der Waals surface area contributed by atoms with Crippen LogP contribution in [0.2, 0.25) is 0 Å². The third-order valence-corrected chi connectivity index (χ3v) is 11.8. The van der Waals surface area contributed by atoms with Crippen LogP contribution in [0.4, 0.5) is 71.6 Å². The monoisotopic (exact) mass is 1190 g/mol. The minimum atomic E-state index is -5.87. The maximum Gasteiger partial charge on any atom is 0.523 e. The molecule has 0 spiro atoms. The molecule has 5 N–H and O–H groups in total. The molecule has 5 atom stereocenters. The molecule has 0 saturated carbocycles. The molecule has 0 aliphatic carbocycles. The molecule has 0 aliphatic heterocycles. The molecule has 0 fully saturated rings. The van der Waals surface area contributed by atoms with Crippen LogP contribution in [-0.4, -0.2) is 125 Å². The number of hydrogen-bond acceptors (Lipinski definition) is 15. The van der Waals surface area contributed by atoms with Crippen molar-refractivity contribution in [2.24, 2.45) is 0 Å². The second-order valence-electron chi connectivity index (χ2n) is 16.5. The standard InChI is InChI=1S/3C12H14F2N4.C10H12N4.C3H3F5O3S.H3P/c3*1-9(10-2-5-15-6-3-10)18-7-4-12(17-18)16-8-11(13)14;1-8(9-2-5-12-6-3-9)14-7-4-10(11)13-14;4-2(5)1-11-12(9,10)3(6,7)8;/h3*2-7,9,11H,8H2,1H3,(H,16,17);2-8H,1H3,(H2,11,13);2H,1H2;1H3/t2*9-;;;;/m10..../s1. The summed E-state index contributed by atoms with van der Waals surface area (Å²) in [6.07, 6.45) is 10.6. The first kappa shape index (κ1) is 67.5. The van der Waals surface area contributed by atoms with Crippen molar-refractivity contribution in [1.29, 1.82) is 0 Å². The van der Waals surface area contributed by atoms with Crippen molar-refractivity contribution in [2.45, 2.75) is 83.1 Å². The van der Waals surface area contributed by atoms with E-state index < -0.39 is 47.9 Å². The molecule has 8 heterocycles. The normalized spacial score (nSPS) is 12.7. The van der Waals surface area contributed by atoms with Gasteiger partial charge in [-0.25, -0.2) is 35.1 Å². The smallest absolute Gasteiger partial charge is 0.382 e. The molecule has 8 aromatic rings. The topological polar surface area (TPSA) is 228 Å². The SMILES string of the molecule is CC(c1ccncc1)n1ccc(N)n1.CC(c1ccncc1)n1ccc(NCC(F)F)n1.C[C@@H](c1ccncc1)n1ccc(NCC(F)F)n1.C[C@H](c1ccncc1)n1ccc(NCC(F)F)n1.O=S(=O)(OCC(F)F)C(F)(F)F.P. The van der Waals surface area contributed by atoms with Crippen LogP contribution in [0.3, 0.4) is 0 Å². The maximum absolute atomic E-state index is 12.0. The zero-order valence-electron chi connectivity index (χ0n) is 43.7. The van der Waals surface area contributed by atoms with Gasteiger partial charge in [-0.2, -0.15) is 51.9 Å². The molecule has 19 nitrogen and oxygen atoms in total. The number of rotatable bonds is 20. The van der Waals surface area contributed by atoms with E-state index in [2.05, 4.69) is 67.4 Å². The molecule has 0 aliphatic rings. The van der Waals surface area contributed by atoms with Gasteiger partial charge in [0.2, 0.25) is 0 Å². The molecular formula is C49H60F11N16O3PS. The summed E-state index contributed by atoms with van der Waals surface area (Å²) in [6.45, 7) is 5.07. The van der Waals surface area contributed by atoms with E-state index in [1.165, 1.54) is 5.56 Å². The van der Waals surface area contributed by atoms with Crippen LogP contribution in [0.1, 0.15) is 74.1 Å². The Labute approximate surface area is 462 Å². The van der Waals surface area contributed by atoms with Crippen LogP contribution < -0.4 is 21.7 Å². The summed E-state index contributed by atoms with van der Waals surface area (Å²) in [7, 11) is -5.87. The fourth-order valence-corrected chi connectivity index (χ4v) is 6.86. The van der Waals surface area contributed by atoms with E-state index in [-0.39, 0.29) is 53.7 Å². The lowest BCUT2D eigenvalue weighted by molar-refractivity contribution is -0.0572. The number of nitrogen functional groups attached to an aromatic ring is 1. The minimum absolute atomic E-state index is 0. The van der Waals surface area contributed by atoms with Crippen LogP contribution in [0, 0.1) is 0 Å². The van der Waals surface area contributed by atoms with E-state index in [1.54, 1.807) is 106 Å². The first-order chi connectivity index (χ1) is 37.9. The number of nitrogens with two attached hydrogens (primary N) is 1. The van der Waals surface area contributed by atoms with Gasteiger partial charge in [-0.15, -0.1) is 0 Å². The summed E-state index contributed by atoms with van der Waals surface area (Å²) in [5, 5.41) is 24.5. The Kier molecular flexibility index (Phi) is 28.1. The Hall–Kier alpha value is -7.79. The molecule has 81 heavy (non-hydrogen) atoms. The van der Waals surface area contributed by atoms with Crippen LogP contribution in [-0.2, 0) is 14.3 Å². The molecule has 32 heteroatoms. The Morgan fingerprint density at radius 1 is 0.457 bits per heavy atom. The van der Waals surface area contributed by atoms with Crippen molar-refractivity contribution >= 4 is 43.3 Å². The summed E-state index contributed by atoms with van der Waals surface area (Å²) in [5.41, 5.74) is 4.26. The molecular weight excluding hydrogens is 1130 g/mol. The minimum Gasteiger partial charge on any atom is -0.382 e. The van der Waals surface area contributed by atoms with Gasteiger partial charge >= 0.3 is 15.6 Å². The van der Waals surface area contributed by atoms with E-state index in [1.807, 2.05) is 80.2 Å². The van der Waals surface area contributed by atoms with Gasteiger partial charge in [0.1, 0.15) is 29.9 Å². The molecule has 0 aromatic carbocycles. The van der Waals surface area contributed by atoms with Gasteiger partial charge < -0.3 is 21.7 Å². The zero-order valence-corrected chi connectivity index (χ0v) is 46.0. The van der Waals surface area contributed by atoms with Gasteiger partial charge in [-0.05, 0) is 105 Å². The molecule has 0 bridgehead atoms. The van der Waals surface area contributed by atoms with Gasteiger partial charge in [-0.1, -0.05) is 0 Å². The van der Waals surface area contributed by atoms with Gasteiger partial charge in [-0.3, -0.25) is 42.8 Å². The number of alkyl halides is 11. The number of nitrogens with zero attached hydrogens (tertiary/aromatic N) is 12. The Balaban J connectivity index is 0.000000267. The summed E-state index contributed by atoms with van der Waals surface area (Å²) in [5.74, 6) is 1.91.